The van der Waals surface area contributed by atoms with Crippen molar-refractivity contribution in [3.63, 3.8) is 0 Å². The van der Waals surface area contributed by atoms with Crippen LogP contribution in [0.25, 0.3) is 0 Å². The van der Waals surface area contributed by atoms with Crippen LogP contribution in [0.4, 0.5) is 0 Å². The molecule has 5 aliphatic carbocycles. The van der Waals surface area contributed by atoms with Crippen molar-refractivity contribution < 1.29 is 0 Å². The van der Waals surface area contributed by atoms with E-state index in [1.54, 1.807) is 0 Å². The van der Waals surface area contributed by atoms with Crippen LogP contribution >= 0.6 is 0 Å². The molecule has 0 unspecified atom stereocenters. The highest BCUT2D eigenvalue weighted by atomic mass is 14.2. The zero-order chi connectivity index (χ0) is 34.7. The molecule has 0 heteroatoms. The second-order valence-corrected chi connectivity index (χ2v) is 16.0. The Hall–Kier alpha value is -4.52. The van der Waals surface area contributed by atoms with E-state index in [4.69, 9.17) is 0 Å². The number of benzene rings is 4. The Labute approximate surface area is 312 Å². The van der Waals surface area contributed by atoms with Gasteiger partial charge in [0.2, 0.25) is 0 Å². The molecule has 0 amide bonds. The van der Waals surface area contributed by atoms with Crippen LogP contribution in [-0.2, 0) is 77.0 Å². The van der Waals surface area contributed by atoms with E-state index in [0.717, 1.165) is 51.4 Å². The number of aryl methyl sites for hydroxylation is 4. The average Bonchev–Trinajstić information content (AvgIpc) is 3.20. The van der Waals surface area contributed by atoms with Gasteiger partial charge in [0.1, 0.15) is 0 Å². The molecule has 4 aromatic rings. The standard InChI is InChI=1S/C52H52/c1-2-14-42-30-26-38-18-6-10-22-46(38)50(42)35-36-52-44(32-28-40-20-8-12-24-48(40)52)16-4-3-15-43-31-27-39-19-7-11-23-47(39)51(43)34-33-49-41(13-1)29-25-37-17-5-9-21-45(37)49/h1-4,25-32H,5-24H2/b2-1-,4-3+. The summed E-state index contributed by atoms with van der Waals surface area (Å²) in [6, 6.07) is 19.2. The zero-order valence-corrected chi connectivity index (χ0v) is 31.1. The fourth-order valence-corrected chi connectivity index (χ4v) is 9.90. The lowest BCUT2D eigenvalue weighted by Crippen LogP contribution is -2.09. The molecule has 0 nitrogen and oxygen atoms in total. The van der Waals surface area contributed by atoms with E-state index < -0.39 is 0 Å². The molecule has 0 saturated heterocycles. The SMILES string of the molecule is C1#Cc2c(ccc3c2CCCC3)C/C=C/Cc2ccc3c(c2C#Cc2c(ccc4c2CCCC4)C/C=C\Cc2ccc4c(c21)CCCC4)CCCC3. The highest BCUT2D eigenvalue weighted by molar-refractivity contribution is 5.61. The lowest BCUT2D eigenvalue weighted by molar-refractivity contribution is 0.682. The summed E-state index contributed by atoms with van der Waals surface area (Å²) in [7, 11) is 0. The predicted molar refractivity (Wildman–Crippen MR) is 217 cm³/mol. The van der Waals surface area contributed by atoms with Crippen LogP contribution in [0.2, 0.25) is 0 Å². The molecule has 0 aliphatic heterocycles. The molecule has 4 aromatic carbocycles. The first-order valence-electron chi connectivity index (χ1n) is 20.7. The van der Waals surface area contributed by atoms with E-state index in [1.165, 1.54) is 166 Å². The maximum absolute atomic E-state index is 3.89. The number of hydrogen-bond donors (Lipinski definition) is 0. The molecule has 0 spiro atoms. The molecule has 0 radical (unpaired) electrons. The van der Waals surface area contributed by atoms with Gasteiger partial charge in [-0.2, -0.15) is 0 Å². The molecule has 5 aliphatic rings. The van der Waals surface area contributed by atoms with Gasteiger partial charge in [-0.25, -0.2) is 0 Å². The van der Waals surface area contributed by atoms with Gasteiger partial charge in [-0.05, 0) is 195 Å². The van der Waals surface area contributed by atoms with Gasteiger partial charge in [-0.3, -0.25) is 0 Å². The smallest absolute Gasteiger partial charge is 0.0318 e. The monoisotopic (exact) mass is 676 g/mol. The van der Waals surface area contributed by atoms with Gasteiger partial charge in [0.25, 0.3) is 0 Å². The van der Waals surface area contributed by atoms with Gasteiger partial charge < -0.3 is 0 Å². The summed E-state index contributed by atoms with van der Waals surface area (Å²) in [6.45, 7) is 0. The van der Waals surface area contributed by atoms with E-state index in [9.17, 15) is 0 Å². The van der Waals surface area contributed by atoms with Crippen molar-refractivity contribution in [1.82, 2.24) is 0 Å². The van der Waals surface area contributed by atoms with Gasteiger partial charge in [-0.1, -0.05) is 96.5 Å². The van der Waals surface area contributed by atoms with Gasteiger partial charge in [0.05, 0.1) is 0 Å². The number of rotatable bonds is 0. The topological polar surface area (TPSA) is 0 Å². The highest BCUT2D eigenvalue weighted by Gasteiger charge is 2.20. The van der Waals surface area contributed by atoms with Crippen molar-refractivity contribution in [1.29, 1.82) is 0 Å². The van der Waals surface area contributed by atoms with Gasteiger partial charge in [-0.15, -0.1) is 0 Å². The molecule has 260 valence electrons. The quantitative estimate of drug-likeness (QED) is 0.128. The Balaban J connectivity index is 1.18. The molecule has 0 fully saturated rings. The normalized spacial score (nSPS) is 19.1. The minimum absolute atomic E-state index is 0.922. The largest absolute Gasteiger partial charge is 0.0838 e. The van der Waals surface area contributed by atoms with E-state index in [2.05, 4.69) is 96.5 Å². The molecular weight excluding hydrogens is 625 g/mol. The molecule has 0 saturated carbocycles. The molecule has 0 atom stereocenters. The number of allylic oxidation sites excluding steroid dienone is 4. The Kier molecular flexibility index (Phi) is 9.75. The number of hydrogen-bond acceptors (Lipinski definition) is 0. The van der Waals surface area contributed by atoms with Crippen LogP contribution in [0.1, 0.15) is 140 Å². The summed E-state index contributed by atoms with van der Waals surface area (Å²) in [5.74, 6) is 15.5. The molecule has 9 rings (SSSR count). The van der Waals surface area contributed by atoms with Crippen molar-refractivity contribution in [3.8, 4) is 23.7 Å². The van der Waals surface area contributed by atoms with Gasteiger partial charge in [0.15, 0.2) is 0 Å². The minimum Gasteiger partial charge on any atom is -0.0838 e. The molecular formula is C52H52. The van der Waals surface area contributed by atoms with Crippen molar-refractivity contribution in [2.24, 2.45) is 0 Å². The minimum atomic E-state index is 0.922. The molecule has 0 bridgehead atoms. The van der Waals surface area contributed by atoms with Crippen LogP contribution in [-0.4, -0.2) is 0 Å². The Morgan fingerprint density at radius 2 is 0.462 bits per heavy atom. The molecule has 52 heavy (non-hydrogen) atoms. The highest BCUT2D eigenvalue weighted by Crippen LogP contribution is 2.32. The fourth-order valence-electron chi connectivity index (χ4n) is 9.90. The van der Waals surface area contributed by atoms with E-state index in [1.807, 2.05) is 0 Å². The van der Waals surface area contributed by atoms with E-state index in [0.29, 0.717) is 0 Å². The van der Waals surface area contributed by atoms with Crippen LogP contribution in [0.3, 0.4) is 0 Å². The third-order valence-electron chi connectivity index (χ3n) is 12.8. The van der Waals surface area contributed by atoms with E-state index >= 15 is 0 Å². The molecule has 0 N–H and O–H groups in total. The third kappa shape index (κ3) is 6.75. The van der Waals surface area contributed by atoms with Crippen LogP contribution in [0.5, 0.6) is 0 Å². The lowest BCUT2D eigenvalue weighted by atomic mass is 9.83. The second kappa shape index (κ2) is 15.2. The Morgan fingerprint density at radius 1 is 0.250 bits per heavy atom. The second-order valence-electron chi connectivity index (χ2n) is 16.0. The first kappa shape index (κ1) is 33.3. The van der Waals surface area contributed by atoms with Gasteiger partial charge in [0, 0.05) is 22.3 Å². The molecule has 0 aromatic heterocycles. The van der Waals surface area contributed by atoms with Crippen molar-refractivity contribution in [2.45, 2.75) is 128 Å². The summed E-state index contributed by atoms with van der Waals surface area (Å²) in [5, 5.41) is 0. The average molecular weight is 677 g/mol. The lowest BCUT2D eigenvalue weighted by Gasteiger charge is -2.21. The summed E-state index contributed by atoms with van der Waals surface area (Å²) < 4.78 is 0. The molecule has 0 heterocycles. The Morgan fingerprint density at radius 3 is 0.712 bits per heavy atom. The summed E-state index contributed by atoms with van der Waals surface area (Å²) in [6.07, 6.45) is 32.9. The first-order valence-corrected chi connectivity index (χ1v) is 20.7. The van der Waals surface area contributed by atoms with Crippen LogP contribution in [0.15, 0.2) is 72.8 Å². The van der Waals surface area contributed by atoms with Crippen LogP contribution in [0, 0.1) is 23.7 Å². The Bertz CT molecular complexity index is 1900. The maximum Gasteiger partial charge on any atom is 0.0318 e. The number of fused-ring (bicyclic) bond motifs is 12. The predicted octanol–water partition coefficient (Wildman–Crippen LogP) is 11.0. The van der Waals surface area contributed by atoms with Crippen molar-refractivity contribution in [3.05, 3.63) is 162 Å². The maximum atomic E-state index is 3.89. The summed E-state index contributed by atoms with van der Waals surface area (Å²) >= 11 is 0. The third-order valence-corrected chi connectivity index (χ3v) is 12.8. The van der Waals surface area contributed by atoms with Gasteiger partial charge >= 0.3 is 0 Å². The fraction of sp³-hybridized carbons (Fsp3) is 0.385. The first-order chi connectivity index (χ1) is 25.8. The van der Waals surface area contributed by atoms with Crippen LogP contribution < -0.4 is 0 Å². The van der Waals surface area contributed by atoms with Crippen molar-refractivity contribution >= 4 is 0 Å². The summed E-state index contributed by atoms with van der Waals surface area (Å²) in [4.78, 5) is 0. The zero-order valence-electron chi connectivity index (χ0n) is 31.1. The summed E-state index contributed by atoms with van der Waals surface area (Å²) in [5.41, 5.74) is 23.0. The van der Waals surface area contributed by atoms with E-state index in [-0.39, 0.29) is 0 Å². The van der Waals surface area contributed by atoms with Crippen molar-refractivity contribution in [2.75, 3.05) is 0 Å².